The minimum atomic E-state index is -0.380. The number of carbonyl (C=O) groups is 2. The van der Waals surface area contributed by atoms with Crippen LogP contribution in [0, 0.1) is 27.7 Å². The molecule has 0 atom stereocenters. The topological polar surface area (TPSA) is 52.6 Å². The summed E-state index contributed by atoms with van der Waals surface area (Å²) in [6.07, 6.45) is 0. The van der Waals surface area contributed by atoms with E-state index < -0.39 is 0 Å². The van der Waals surface area contributed by atoms with Gasteiger partial charge in [0.15, 0.2) is 5.78 Å². The van der Waals surface area contributed by atoms with Crippen molar-refractivity contribution in [3.63, 3.8) is 0 Å². The Morgan fingerprint density at radius 2 is 1.10 bits per heavy atom. The van der Waals surface area contributed by atoms with Crippen LogP contribution >= 0.6 is 0 Å². The monoisotopic (exact) mass is 520 g/mol. The van der Waals surface area contributed by atoms with Crippen LogP contribution in [-0.4, -0.2) is 18.9 Å². The van der Waals surface area contributed by atoms with Crippen molar-refractivity contribution in [3.05, 3.63) is 117 Å². The number of ketones is 1. The first-order valence-corrected chi connectivity index (χ1v) is 13.1. The van der Waals surface area contributed by atoms with Gasteiger partial charge in [0.1, 0.15) is 11.5 Å². The zero-order valence-electron chi connectivity index (χ0n) is 24.1. The molecular formula is C35H36O4. The molecule has 4 rings (SSSR count). The molecule has 0 saturated carbocycles. The maximum absolute atomic E-state index is 13.2. The molecule has 0 aliphatic carbocycles. The maximum Gasteiger partial charge on any atom is 0.343 e. The summed E-state index contributed by atoms with van der Waals surface area (Å²) in [4.78, 5) is 25.0. The number of hydrogen-bond donors (Lipinski definition) is 0. The van der Waals surface area contributed by atoms with Gasteiger partial charge < -0.3 is 9.47 Å². The van der Waals surface area contributed by atoms with Crippen molar-refractivity contribution in [1.82, 2.24) is 0 Å². The van der Waals surface area contributed by atoms with Gasteiger partial charge >= 0.3 is 5.97 Å². The van der Waals surface area contributed by atoms with Crippen LogP contribution < -0.4 is 9.47 Å². The number of carbonyl (C=O) groups excluding carboxylic acids is 2. The molecule has 0 spiro atoms. The minimum absolute atomic E-state index is 0.0660. The lowest BCUT2D eigenvalue weighted by molar-refractivity contribution is 0.0732. The molecule has 0 heterocycles. The summed E-state index contributed by atoms with van der Waals surface area (Å²) in [5, 5.41) is 0. The number of Topliss-reactive ketones (excluding diaryl/α,β-unsaturated/α-hetero) is 1. The third kappa shape index (κ3) is 5.65. The van der Waals surface area contributed by atoms with Crippen LogP contribution in [0.5, 0.6) is 11.5 Å². The molecule has 0 unspecified atom stereocenters. The zero-order valence-corrected chi connectivity index (χ0v) is 24.1. The molecule has 39 heavy (non-hydrogen) atoms. The van der Waals surface area contributed by atoms with Crippen molar-refractivity contribution in [1.29, 1.82) is 0 Å². The number of aryl methyl sites for hydroxylation is 4. The van der Waals surface area contributed by atoms with E-state index >= 15 is 0 Å². The summed E-state index contributed by atoms with van der Waals surface area (Å²) >= 11 is 0. The molecule has 0 bridgehead atoms. The number of benzene rings is 4. The standard InChI is InChI=1S/C35H36O4/c1-21-19-28(11-13-30(21)25(5)36)35(6,7)29-12-14-31(22(2)20-29)34(37)39-33-16-10-27(18-24(33)4)26-9-15-32(38-8)23(3)17-26/h9-20H,1-8H3. The summed E-state index contributed by atoms with van der Waals surface area (Å²) in [5.74, 6) is 1.08. The van der Waals surface area contributed by atoms with Crippen LogP contribution in [-0.2, 0) is 5.41 Å². The fourth-order valence-electron chi connectivity index (χ4n) is 5.05. The van der Waals surface area contributed by atoms with Crippen LogP contribution in [0.25, 0.3) is 11.1 Å². The van der Waals surface area contributed by atoms with Crippen molar-refractivity contribution in [3.8, 4) is 22.6 Å². The molecule has 200 valence electrons. The van der Waals surface area contributed by atoms with E-state index in [9.17, 15) is 9.59 Å². The van der Waals surface area contributed by atoms with Crippen LogP contribution in [0.3, 0.4) is 0 Å². The number of esters is 1. The van der Waals surface area contributed by atoms with Gasteiger partial charge in [0.25, 0.3) is 0 Å². The van der Waals surface area contributed by atoms with Crippen LogP contribution in [0.15, 0.2) is 72.8 Å². The van der Waals surface area contributed by atoms with Gasteiger partial charge in [-0.1, -0.05) is 56.3 Å². The summed E-state index contributed by atoms with van der Waals surface area (Å²) in [6.45, 7) is 13.8. The van der Waals surface area contributed by atoms with E-state index in [0.717, 1.165) is 55.8 Å². The highest BCUT2D eigenvalue weighted by Gasteiger charge is 2.25. The molecule has 0 fully saturated rings. The third-order valence-electron chi connectivity index (χ3n) is 7.60. The molecule has 4 aromatic rings. The molecule has 0 aliphatic heterocycles. The predicted molar refractivity (Wildman–Crippen MR) is 157 cm³/mol. The van der Waals surface area contributed by atoms with Gasteiger partial charge in [-0.25, -0.2) is 4.79 Å². The largest absolute Gasteiger partial charge is 0.496 e. The summed E-state index contributed by atoms with van der Waals surface area (Å²) in [5.41, 5.74) is 9.06. The maximum atomic E-state index is 13.2. The van der Waals surface area contributed by atoms with Gasteiger partial charge in [0.05, 0.1) is 12.7 Å². The second-order valence-electron chi connectivity index (χ2n) is 10.8. The Bertz CT molecular complexity index is 1580. The Labute approximate surface area is 231 Å². The Morgan fingerprint density at radius 3 is 1.54 bits per heavy atom. The van der Waals surface area contributed by atoms with Crippen molar-refractivity contribution in [2.75, 3.05) is 7.11 Å². The van der Waals surface area contributed by atoms with Gasteiger partial charge in [0, 0.05) is 11.0 Å². The fourth-order valence-corrected chi connectivity index (χ4v) is 5.05. The molecule has 0 aromatic heterocycles. The van der Waals surface area contributed by atoms with Crippen molar-refractivity contribution < 1.29 is 19.1 Å². The lowest BCUT2D eigenvalue weighted by atomic mass is 9.76. The molecular weight excluding hydrogens is 484 g/mol. The van der Waals surface area contributed by atoms with Gasteiger partial charge in [-0.3, -0.25) is 4.79 Å². The second kappa shape index (κ2) is 10.9. The minimum Gasteiger partial charge on any atom is -0.496 e. The Hall–Kier alpha value is -4.18. The van der Waals surface area contributed by atoms with Gasteiger partial charge in [-0.15, -0.1) is 0 Å². The summed E-state index contributed by atoms with van der Waals surface area (Å²) in [7, 11) is 1.67. The molecule has 0 amide bonds. The molecule has 4 aromatic carbocycles. The third-order valence-corrected chi connectivity index (χ3v) is 7.60. The first-order chi connectivity index (χ1) is 18.4. The Kier molecular flexibility index (Phi) is 7.78. The lowest BCUT2D eigenvalue weighted by Crippen LogP contribution is -2.20. The highest BCUT2D eigenvalue weighted by atomic mass is 16.5. The van der Waals surface area contributed by atoms with Crippen molar-refractivity contribution in [2.24, 2.45) is 0 Å². The number of methoxy groups -OCH3 is 1. The Morgan fingerprint density at radius 1 is 0.615 bits per heavy atom. The molecule has 0 saturated heterocycles. The molecule has 0 N–H and O–H groups in total. The fraction of sp³-hybridized carbons (Fsp3) is 0.257. The lowest BCUT2D eigenvalue weighted by Gasteiger charge is -2.27. The molecule has 0 radical (unpaired) electrons. The van der Waals surface area contributed by atoms with Gasteiger partial charge in [-0.05, 0) is 109 Å². The summed E-state index contributed by atoms with van der Waals surface area (Å²) in [6, 6.07) is 23.8. The first-order valence-electron chi connectivity index (χ1n) is 13.1. The SMILES string of the molecule is COc1ccc(-c2ccc(OC(=O)c3ccc(C(C)(C)c4ccc(C(C)=O)c(C)c4)cc3C)c(C)c2)cc1C. The average molecular weight is 521 g/mol. The smallest absolute Gasteiger partial charge is 0.343 e. The van der Waals surface area contributed by atoms with E-state index in [0.29, 0.717) is 11.3 Å². The average Bonchev–Trinajstić information content (AvgIpc) is 2.89. The van der Waals surface area contributed by atoms with Gasteiger partial charge in [-0.2, -0.15) is 0 Å². The number of ether oxygens (including phenoxy) is 2. The normalized spacial score (nSPS) is 11.3. The van der Waals surface area contributed by atoms with E-state index in [2.05, 4.69) is 26.0 Å². The second-order valence-corrected chi connectivity index (χ2v) is 10.8. The molecule has 4 nitrogen and oxygen atoms in total. The van der Waals surface area contributed by atoms with E-state index in [4.69, 9.17) is 9.47 Å². The van der Waals surface area contributed by atoms with E-state index in [1.807, 2.05) is 88.4 Å². The highest BCUT2D eigenvalue weighted by Crippen LogP contribution is 2.34. The van der Waals surface area contributed by atoms with Crippen LogP contribution in [0.1, 0.15) is 74.9 Å². The van der Waals surface area contributed by atoms with Crippen molar-refractivity contribution in [2.45, 2.75) is 53.9 Å². The molecule has 4 heteroatoms. The predicted octanol–water partition coefficient (Wildman–Crippen LogP) is 8.34. The van der Waals surface area contributed by atoms with Crippen molar-refractivity contribution >= 4 is 11.8 Å². The van der Waals surface area contributed by atoms with E-state index in [1.165, 1.54) is 0 Å². The zero-order chi connectivity index (χ0) is 28.5. The summed E-state index contributed by atoms with van der Waals surface area (Å²) < 4.78 is 11.2. The molecule has 0 aliphatic rings. The van der Waals surface area contributed by atoms with Crippen LogP contribution in [0.4, 0.5) is 0 Å². The first kappa shape index (κ1) is 27.8. The number of rotatable bonds is 7. The Balaban J connectivity index is 1.55. The highest BCUT2D eigenvalue weighted by molar-refractivity contribution is 5.95. The van der Waals surface area contributed by atoms with Crippen LogP contribution in [0.2, 0.25) is 0 Å². The number of hydrogen-bond acceptors (Lipinski definition) is 4. The quantitative estimate of drug-likeness (QED) is 0.140. The van der Waals surface area contributed by atoms with E-state index in [1.54, 1.807) is 14.0 Å². The van der Waals surface area contributed by atoms with E-state index in [-0.39, 0.29) is 17.2 Å². The van der Waals surface area contributed by atoms with Gasteiger partial charge in [0.2, 0.25) is 0 Å².